The van der Waals surface area contributed by atoms with Gasteiger partial charge in [-0.15, -0.1) is 0 Å². The highest BCUT2D eigenvalue weighted by molar-refractivity contribution is 5.91. The Balaban J connectivity index is 1.07. The molecule has 0 saturated carbocycles. The molecule has 0 bridgehead atoms. The first-order chi connectivity index (χ1) is 27.2. The van der Waals surface area contributed by atoms with Gasteiger partial charge in [0.25, 0.3) is 0 Å². The van der Waals surface area contributed by atoms with Crippen LogP contribution in [-0.2, 0) is 6.42 Å². The van der Waals surface area contributed by atoms with Crippen molar-refractivity contribution >= 4 is 17.0 Å². The normalized spacial score (nSPS) is 12.1. The molecule has 7 aromatic carbocycles. The minimum atomic E-state index is 0.701. The van der Waals surface area contributed by atoms with Crippen molar-refractivity contribution in [3.63, 3.8) is 0 Å². The molecular weight excluding hydrogens is 667 g/mol. The van der Waals surface area contributed by atoms with Crippen molar-refractivity contribution in [2.24, 2.45) is 0 Å². The Morgan fingerprint density at radius 2 is 0.909 bits per heavy atom. The summed E-state index contributed by atoms with van der Waals surface area (Å²) in [6.07, 6.45) is 6.76. The molecule has 10 rings (SSSR count). The number of rotatable bonds is 7. The number of hydrogen-bond donors (Lipinski definition) is 0. The van der Waals surface area contributed by atoms with Gasteiger partial charge in [0.05, 0.1) is 16.9 Å². The highest BCUT2D eigenvalue weighted by atomic mass is 15.0. The van der Waals surface area contributed by atoms with Crippen molar-refractivity contribution in [2.45, 2.75) is 12.8 Å². The maximum absolute atomic E-state index is 5.12. The van der Waals surface area contributed by atoms with E-state index in [1.807, 2.05) is 12.1 Å². The van der Waals surface area contributed by atoms with Crippen molar-refractivity contribution < 1.29 is 0 Å². The summed E-state index contributed by atoms with van der Waals surface area (Å²) in [6.45, 7) is 0. The van der Waals surface area contributed by atoms with Gasteiger partial charge in [-0.05, 0) is 106 Å². The molecule has 0 N–H and O–H groups in total. The van der Waals surface area contributed by atoms with Crippen LogP contribution in [0.3, 0.4) is 0 Å². The third kappa shape index (κ3) is 6.26. The van der Waals surface area contributed by atoms with Crippen LogP contribution in [0.5, 0.6) is 0 Å². The van der Waals surface area contributed by atoms with Crippen LogP contribution in [-0.4, -0.2) is 14.5 Å². The summed E-state index contributed by atoms with van der Waals surface area (Å²) in [5.74, 6) is 0.701. The molecule has 0 fully saturated rings. The molecule has 55 heavy (non-hydrogen) atoms. The van der Waals surface area contributed by atoms with Crippen molar-refractivity contribution in [3.05, 3.63) is 205 Å². The van der Waals surface area contributed by atoms with E-state index in [2.05, 4.69) is 193 Å². The maximum Gasteiger partial charge on any atom is 0.160 e. The number of aromatic nitrogens is 3. The van der Waals surface area contributed by atoms with Crippen molar-refractivity contribution in [1.82, 2.24) is 14.5 Å². The summed E-state index contributed by atoms with van der Waals surface area (Å²) in [5.41, 5.74) is 17.0. The Morgan fingerprint density at radius 1 is 0.400 bits per heavy atom. The molecule has 0 radical (unpaired) electrons. The molecule has 9 aromatic rings. The van der Waals surface area contributed by atoms with Gasteiger partial charge in [0.2, 0.25) is 0 Å². The second-order valence-electron chi connectivity index (χ2n) is 14.1. The maximum atomic E-state index is 5.12. The first kappa shape index (κ1) is 32.5. The summed E-state index contributed by atoms with van der Waals surface area (Å²) in [6, 6.07) is 66.9. The smallest absolute Gasteiger partial charge is 0.160 e. The number of para-hydroxylation sites is 1. The summed E-state index contributed by atoms with van der Waals surface area (Å²) in [5, 5.41) is 1.35. The van der Waals surface area contributed by atoms with Gasteiger partial charge in [0.1, 0.15) is 0 Å². The molecule has 2 heterocycles. The van der Waals surface area contributed by atoms with Gasteiger partial charge in [-0.3, -0.25) is 0 Å². The van der Waals surface area contributed by atoms with Crippen molar-refractivity contribution in [2.75, 3.05) is 0 Å². The lowest BCUT2D eigenvalue weighted by molar-refractivity contribution is 0.967. The second-order valence-corrected chi connectivity index (χ2v) is 14.1. The Kier molecular flexibility index (Phi) is 8.31. The highest BCUT2D eigenvalue weighted by Crippen LogP contribution is 2.37. The molecule has 0 aliphatic heterocycles. The van der Waals surface area contributed by atoms with Crippen LogP contribution in [0.4, 0.5) is 0 Å². The van der Waals surface area contributed by atoms with Crippen molar-refractivity contribution in [1.29, 1.82) is 0 Å². The van der Waals surface area contributed by atoms with E-state index in [9.17, 15) is 0 Å². The molecule has 0 unspecified atom stereocenters. The predicted molar refractivity (Wildman–Crippen MR) is 229 cm³/mol. The van der Waals surface area contributed by atoms with Crippen LogP contribution in [0.1, 0.15) is 17.7 Å². The molecule has 260 valence electrons. The van der Waals surface area contributed by atoms with Crippen LogP contribution < -0.4 is 0 Å². The fourth-order valence-electron chi connectivity index (χ4n) is 7.95. The molecule has 3 heteroatoms. The van der Waals surface area contributed by atoms with E-state index in [0.29, 0.717) is 5.82 Å². The lowest BCUT2D eigenvalue weighted by Crippen LogP contribution is -2.00. The average Bonchev–Trinajstić information content (AvgIpc) is 3.61. The van der Waals surface area contributed by atoms with Gasteiger partial charge in [0.15, 0.2) is 5.82 Å². The fraction of sp³-hybridized carbons (Fsp3) is 0.0385. The van der Waals surface area contributed by atoms with Gasteiger partial charge < -0.3 is 4.57 Å². The van der Waals surface area contributed by atoms with Crippen LogP contribution in [0, 0.1) is 0 Å². The second kappa shape index (κ2) is 14.0. The number of fused-ring (bicyclic) bond motifs is 3. The Labute approximate surface area is 321 Å². The Morgan fingerprint density at radius 3 is 1.56 bits per heavy atom. The summed E-state index contributed by atoms with van der Waals surface area (Å²) in [7, 11) is 0. The number of benzene rings is 7. The predicted octanol–water partition coefficient (Wildman–Crippen LogP) is 13.4. The van der Waals surface area contributed by atoms with Gasteiger partial charge in [-0.25, -0.2) is 9.97 Å². The molecule has 1 aliphatic carbocycles. The standard InChI is InChI=1S/C52H37N3/c1-4-15-36(16-5-1)42-32-43(37-27-29-45(30-28-37)55-50-25-12-10-23-46(50)47-24-11-13-26-51(47)55)34-44(33-42)40-21-14-22-41(31-40)52-53-48(38-17-6-2-7-18-38)35-49(54-52)39-19-8-3-9-20-39/h1-10,12-23,25-35H,11,24H2. The van der Waals surface area contributed by atoms with Crippen molar-refractivity contribution in [3.8, 4) is 73.0 Å². The van der Waals surface area contributed by atoms with Crippen LogP contribution in [0.25, 0.3) is 89.9 Å². The van der Waals surface area contributed by atoms with Gasteiger partial charge in [0, 0.05) is 33.5 Å². The Bertz CT molecular complexity index is 2780. The number of hydrogen-bond acceptors (Lipinski definition) is 2. The Hall–Kier alpha value is -7.10. The summed E-state index contributed by atoms with van der Waals surface area (Å²) < 4.78 is 2.42. The van der Waals surface area contributed by atoms with E-state index < -0.39 is 0 Å². The van der Waals surface area contributed by atoms with E-state index in [0.717, 1.165) is 52.0 Å². The third-order valence-electron chi connectivity index (χ3n) is 10.7. The van der Waals surface area contributed by atoms with E-state index in [1.165, 1.54) is 50.1 Å². The van der Waals surface area contributed by atoms with Gasteiger partial charge in [-0.2, -0.15) is 0 Å². The largest absolute Gasteiger partial charge is 0.310 e. The SMILES string of the molecule is C1=Cc2c(c3ccccc3n2-c2ccc(-c3cc(-c4ccccc4)cc(-c4cccc(-c5nc(-c6ccccc6)cc(-c6ccccc6)n5)c4)c3)cc2)CC1. The lowest BCUT2D eigenvalue weighted by atomic mass is 9.92. The van der Waals surface area contributed by atoms with E-state index >= 15 is 0 Å². The topological polar surface area (TPSA) is 30.7 Å². The van der Waals surface area contributed by atoms with E-state index in [1.54, 1.807) is 0 Å². The third-order valence-corrected chi connectivity index (χ3v) is 10.7. The molecule has 0 spiro atoms. The molecule has 1 aliphatic rings. The van der Waals surface area contributed by atoms with Crippen LogP contribution >= 0.6 is 0 Å². The fourth-order valence-corrected chi connectivity index (χ4v) is 7.95. The van der Waals surface area contributed by atoms with Crippen LogP contribution in [0.15, 0.2) is 194 Å². The summed E-state index contributed by atoms with van der Waals surface area (Å²) >= 11 is 0. The quantitative estimate of drug-likeness (QED) is 0.165. The zero-order chi connectivity index (χ0) is 36.6. The van der Waals surface area contributed by atoms with E-state index in [-0.39, 0.29) is 0 Å². The molecule has 2 aromatic heterocycles. The first-order valence-corrected chi connectivity index (χ1v) is 19.0. The minimum absolute atomic E-state index is 0.701. The number of aryl methyl sites for hydroxylation is 1. The first-order valence-electron chi connectivity index (χ1n) is 19.0. The molecule has 0 amide bonds. The highest BCUT2D eigenvalue weighted by Gasteiger charge is 2.18. The molecular formula is C52H37N3. The lowest BCUT2D eigenvalue weighted by Gasteiger charge is -2.14. The zero-order valence-electron chi connectivity index (χ0n) is 30.3. The van der Waals surface area contributed by atoms with Gasteiger partial charge in [-0.1, -0.05) is 146 Å². The average molecular weight is 704 g/mol. The summed E-state index contributed by atoms with van der Waals surface area (Å²) in [4.78, 5) is 10.2. The molecule has 3 nitrogen and oxygen atoms in total. The van der Waals surface area contributed by atoms with Crippen LogP contribution in [0.2, 0.25) is 0 Å². The van der Waals surface area contributed by atoms with Gasteiger partial charge >= 0.3 is 0 Å². The number of nitrogens with zero attached hydrogens (tertiary/aromatic N) is 3. The zero-order valence-corrected chi connectivity index (χ0v) is 30.3. The molecule has 0 atom stereocenters. The monoisotopic (exact) mass is 703 g/mol. The minimum Gasteiger partial charge on any atom is -0.310 e. The molecule has 0 saturated heterocycles. The van der Waals surface area contributed by atoms with E-state index in [4.69, 9.17) is 9.97 Å². The number of allylic oxidation sites excluding steroid dienone is 1.